The van der Waals surface area contributed by atoms with Crippen LogP contribution in [0.15, 0.2) is 85.1 Å². The zero-order valence-corrected chi connectivity index (χ0v) is 20.9. The summed E-state index contributed by atoms with van der Waals surface area (Å²) in [6, 6.07) is 16.8. The highest BCUT2D eigenvalue weighted by atomic mass is 19.4. The van der Waals surface area contributed by atoms with E-state index in [4.69, 9.17) is 0 Å². The van der Waals surface area contributed by atoms with Crippen molar-refractivity contribution >= 4 is 33.8 Å². The summed E-state index contributed by atoms with van der Waals surface area (Å²) in [5.74, 6) is -0.276. The number of hydrogen-bond acceptors (Lipinski definition) is 3. The van der Waals surface area contributed by atoms with E-state index in [1.165, 1.54) is 18.3 Å². The van der Waals surface area contributed by atoms with Crippen molar-refractivity contribution in [2.45, 2.75) is 37.7 Å². The first-order chi connectivity index (χ1) is 19.0. The minimum atomic E-state index is -4.46. The average Bonchev–Trinajstić information content (AvgIpc) is 2.93. The van der Waals surface area contributed by atoms with Crippen molar-refractivity contribution in [2.24, 2.45) is 0 Å². The highest BCUT2D eigenvalue weighted by molar-refractivity contribution is 5.96. The normalized spacial score (nSPS) is 15.9. The van der Waals surface area contributed by atoms with Crippen molar-refractivity contribution in [1.29, 1.82) is 0 Å². The van der Waals surface area contributed by atoms with Crippen molar-refractivity contribution in [3.8, 4) is 0 Å². The summed E-state index contributed by atoms with van der Waals surface area (Å²) in [6.45, 7) is 0. The smallest absolute Gasteiger partial charge is 0.355 e. The molecule has 1 aliphatic carbocycles. The summed E-state index contributed by atoms with van der Waals surface area (Å²) in [5.41, 5.74) is 1.72. The van der Waals surface area contributed by atoms with Crippen LogP contribution in [0.25, 0.3) is 16.5 Å². The highest BCUT2D eigenvalue weighted by Gasteiger charge is 2.31. The molecule has 4 aromatic rings. The van der Waals surface area contributed by atoms with Gasteiger partial charge in [0, 0.05) is 34.6 Å². The second kappa shape index (κ2) is 10.7. The first kappa shape index (κ1) is 27.2. The number of alkyl halides is 6. The molecular formula is C30H23F6N3O. The van der Waals surface area contributed by atoms with Crippen molar-refractivity contribution < 1.29 is 31.1 Å². The number of allylic oxidation sites excluding steroid dienone is 1. The summed E-state index contributed by atoms with van der Waals surface area (Å²) in [5, 5.41) is 6.65. The van der Waals surface area contributed by atoms with Gasteiger partial charge in [-0.1, -0.05) is 24.3 Å². The lowest BCUT2D eigenvalue weighted by Gasteiger charge is -2.23. The lowest BCUT2D eigenvalue weighted by atomic mass is 9.90. The van der Waals surface area contributed by atoms with Gasteiger partial charge in [-0.2, -0.15) is 26.3 Å². The number of amides is 1. The van der Waals surface area contributed by atoms with Gasteiger partial charge in [0.05, 0.1) is 16.6 Å². The third kappa shape index (κ3) is 6.11. The molecule has 206 valence electrons. The van der Waals surface area contributed by atoms with E-state index in [9.17, 15) is 31.1 Å². The second-order valence-electron chi connectivity index (χ2n) is 9.54. The van der Waals surface area contributed by atoms with E-state index < -0.39 is 23.5 Å². The van der Waals surface area contributed by atoms with Crippen LogP contribution in [0.4, 0.5) is 37.7 Å². The standard InChI is InChI=1S/C30H23F6N3O/c31-29(32,33)21-3-1-2-20(16-21)18-4-9-24(10-5-18)39-28(40)19-6-11-23(12-7-19)38-26-14-15-37-27-17-22(30(34,35)36)8-13-25(26)27/h1-4,6-8,11-17,24H,5,9-10H2,(H,37,38)(H,39,40). The Bertz CT molecular complexity index is 1580. The Kier molecular flexibility index (Phi) is 7.27. The molecule has 1 heterocycles. The van der Waals surface area contributed by atoms with Crippen LogP contribution in [-0.2, 0) is 12.4 Å². The van der Waals surface area contributed by atoms with Gasteiger partial charge in [-0.3, -0.25) is 9.78 Å². The lowest BCUT2D eigenvalue weighted by molar-refractivity contribution is -0.138. The Hall–Kier alpha value is -4.34. The monoisotopic (exact) mass is 555 g/mol. The van der Waals surface area contributed by atoms with Crippen LogP contribution in [0, 0.1) is 0 Å². The van der Waals surface area contributed by atoms with E-state index in [-0.39, 0.29) is 17.5 Å². The molecule has 5 rings (SSSR count). The molecule has 40 heavy (non-hydrogen) atoms. The molecule has 10 heteroatoms. The molecular weight excluding hydrogens is 532 g/mol. The first-order valence-electron chi connectivity index (χ1n) is 12.5. The van der Waals surface area contributed by atoms with Gasteiger partial charge in [0.15, 0.2) is 0 Å². The number of aromatic nitrogens is 1. The maximum atomic E-state index is 13.0. The number of anilines is 2. The van der Waals surface area contributed by atoms with Crippen LogP contribution in [0.1, 0.15) is 46.3 Å². The molecule has 1 unspecified atom stereocenters. The number of pyridine rings is 1. The molecule has 0 radical (unpaired) electrons. The van der Waals surface area contributed by atoms with Crippen molar-refractivity contribution in [3.63, 3.8) is 0 Å². The molecule has 0 saturated carbocycles. The Labute approximate surface area is 225 Å². The summed E-state index contributed by atoms with van der Waals surface area (Å²) in [6.07, 6.45) is -3.94. The fourth-order valence-corrected chi connectivity index (χ4v) is 4.69. The van der Waals surface area contributed by atoms with Crippen LogP contribution in [0.3, 0.4) is 0 Å². The highest BCUT2D eigenvalue weighted by Crippen LogP contribution is 2.35. The van der Waals surface area contributed by atoms with Crippen LogP contribution in [-0.4, -0.2) is 16.9 Å². The number of carbonyl (C=O) groups is 1. The van der Waals surface area contributed by atoms with Gasteiger partial charge in [-0.05, 0) is 85.0 Å². The lowest BCUT2D eigenvalue weighted by Crippen LogP contribution is -2.35. The number of nitrogens with zero attached hydrogens (tertiary/aromatic N) is 1. The summed E-state index contributed by atoms with van der Waals surface area (Å²) in [7, 11) is 0. The summed E-state index contributed by atoms with van der Waals surface area (Å²) >= 11 is 0. The Morgan fingerprint density at radius 2 is 1.57 bits per heavy atom. The Morgan fingerprint density at radius 1 is 0.850 bits per heavy atom. The number of rotatable bonds is 5. The van der Waals surface area contributed by atoms with Crippen LogP contribution in [0.2, 0.25) is 0 Å². The molecule has 3 aromatic carbocycles. The van der Waals surface area contributed by atoms with Gasteiger partial charge in [-0.15, -0.1) is 0 Å². The van der Waals surface area contributed by atoms with Gasteiger partial charge in [0.1, 0.15) is 0 Å². The fraction of sp³-hybridized carbons (Fsp3) is 0.200. The molecule has 1 aliphatic rings. The van der Waals surface area contributed by atoms with Crippen LogP contribution < -0.4 is 10.6 Å². The van der Waals surface area contributed by atoms with Crippen molar-refractivity contribution in [1.82, 2.24) is 10.3 Å². The molecule has 0 bridgehead atoms. The van der Waals surface area contributed by atoms with Gasteiger partial charge < -0.3 is 10.6 Å². The number of hydrogen-bond donors (Lipinski definition) is 2. The third-order valence-corrected chi connectivity index (χ3v) is 6.80. The SMILES string of the molecule is O=C(NC1CC=C(c2cccc(C(F)(F)F)c2)CC1)c1ccc(Nc2ccnc3cc(C(F)(F)F)ccc23)cc1. The average molecular weight is 556 g/mol. The quantitative estimate of drug-likeness (QED) is 0.243. The predicted molar refractivity (Wildman–Crippen MR) is 141 cm³/mol. The van der Waals surface area contributed by atoms with E-state index in [1.807, 2.05) is 6.08 Å². The molecule has 4 nitrogen and oxygen atoms in total. The molecule has 0 spiro atoms. The van der Waals surface area contributed by atoms with Crippen LogP contribution >= 0.6 is 0 Å². The number of nitrogens with one attached hydrogen (secondary N) is 2. The zero-order valence-electron chi connectivity index (χ0n) is 20.9. The maximum absolute atomic E-state index is 13.0. The number of benzene rings is 3. The largest absolute Gasteiger partial charge is 0.416 e. The summed E-state index contributed by atoms with van der Waals surface area (Å²) in [4.78, 5) is 16.8. The van der Waals surface area contributed by atoms with E-state index in [0.717, 1.165) is 29.8 Å². The van der Waals surface area contributed by atoms with Gasteiger partial charge in [0.25, 0.3) is 5.91 Å². The first-order valence-corrected chi connectivity index (χ1v) is 12.5. The molecule has 1 atom stereocenters. The zero-order chi connectivity index (χ0) is 28.5. The summed E-state index contributed by atoms with van der Waals surface area (Å²) < 4.78 is 78.2. The predicted octanol–water partition coefficient (Wildman–Crippen LogP) is 8.38. The van der Waals surface area contributed by atoms with E-state index >= 15 is 0 Å². The maximum Gasteiger partial charge on any atom is 0.416 e. The third-order valence-electron chi connectivity index (χ3n) is 6.80. The van der Waals surface area contributed by atoms with Gasteiger partial charge in [-0.25, -0.2) is 0 Å². The molecule has 2 N–H and O–H groups in total. The minimum Gasteiger partial charge on any atom is -0.355 e. The van der Waals surface area contributed by atoms with Crippen molar-refractivity contribution in [3.05, 3.63) is 107 Å². The van der Waals surface area contributed by atoms with Crippen LogP contribution in [0.5, 0.6) is 0 Å². The molecule has 1 amide bonds. The number of halogens is 6. The van der Waals surface area contributed by atoms with Gasteiger partial charge >= 0.3 is 12.4 Å². The Balaban J connectivity index is 1.21. The number of carbonyl (C=O) groups excluding carboxylic acids is 1. The van der Waals surface area contributed by atoms with E-state index in [2.05, 4.69) is 15.6 Å². The fourth-order valence-electron chi connectivity index (χ4n) is 4.69. The van der Waals surface area contributed by atoms with Gasteiger partial charge in [0.2, 0.25) is 0 Å². The van der Waals surface area contributed by atoms with E-state index in [0.29, 0.717) is 47.2 Å². The Morgan fingerprint density at radius 3 is 2.25 bits per heavy atom. The van der Waals surface area contributed by atoms with Crippen molar-refractivity contribution in [2.75, 3.05) is 5.32 Å². The second-order valence-corrected chi connectivity index (χ2v) is 9.54. The molecule has 0 aliphatic heterocycles. The number of fused-ring (bicyclic) bond motifs is 1. The van der Waals surface area contributed by atoms with E-state index in [1.54, 1.807) is 36.4 Å². The molecule has 0 saturated heterocycles. The topological polar surface area (TPSA) is 54.0 Å². The molecule has 1 aromatic heterocycles. The molecule has 0 fully saturated rings. The minimum absolute atomic E-state index is 0.148.